The molecule has 0 saturated carbocycles. The SMILES string of the molecule is CCCCOc1cc(Cc2cc(OCCCC)c(N3C(=O)C=CC3=O)c(OCCCC)c2)cc(OCCCC)c1N1C(=O)C=CC1=O. The van der Waals surface area contributed by atoms with Crippen molar-refractivity contribution in [1.82, 2.24) is 0 Å². The lowest BCUT2D eigenvalue weighted by Gasteiger charge is -2.24. The van der Waals surface area contributed by atoms with Crippen LogP contribution in [0.5, 0.6) is 23.0 Å². The third kappa shape index (κ3) is 8.81. The van der Waals surface area contributed by atoms with E-state index in [1.54, 1.807) is 0 Å². The minimum atomic E-state index is -0.456. The van der Waals surface area contributed by atoms with Gasteiger partial charge in [-0.15, -0.1) is 0 Å². The van der Waals surface area contributed by atoms with Gasteiger partial charge in [0.05, 0.1) is 26.4 Å². The molecule has 0 aromatic heterocycles. The Bertz CT molecular complexity index is 1300. The number of anilines is 2. The highest BCUT2D eigenvalue weighted by atomic mass is 16.5. The summed E-state index contributed by atoms with van der Waals surface area (Å²) in [6.45, 7) is 9.82. The smallest absolute Gasteiger partial charge is 0.258 e. The summed E-state index contributed by atoms with van der Waals surface area (Å²) < 4.78 is 24.8. The third-order valence-corrected chi connectivity index (χ3v) is 7.70. The summed E-state index contributed by atoms with van der Waals surface area (Å²) in [7, 11) is 0. The Hall–Kier alpha value is -4.60. The highest BCUT2D eigenvalue weighted by Crippen LogP contribution is 2.44. The maximum atomic E-state index is 12.8. The number of hydrogen-bond acceptors (Lipinski definition) is 8. The number of ether oxygens (including phenoxy) is 4. The quantitative estimate of drug-likeness (QED) is 0.113. The molecule has 2 heterocycles. The molecule has 2 aromatic rings. The van der Waals surface area contributed by atoms with Gasteiger partial charge < -0.3 is 18.9 Å². The fourth-order valence-corrected chi connectivity index (χ4v) is 5.14. The van der Waals surface area contributed by atoms with Crippen molar-refractivity contribution in [3.8, 4) is 23.0 Å². The number of imide groups is 2. The highest BCUT2D eigenvalue weighted by molar-refractivity contribution is 6.30. The van der Waals surface area contributed by atoms with Crippen LogP contribution >= 0.6 is 0 Å². The van der Waals surface area contributed by atoms with Crippen molar-refractivity contribution < 1.29 is 38.1 Å². The average Bonchev–Trinajstić information content (AvgIpc) is 3.56. The number of rotatable bonds is 20. The van der Waals surface area contributed by atoms with Crippen LogP contribution in [0.15, 0.2) is 48.6 Å². The summed E-state index contributed by atoms with van der Waals surface area (Å²) in [5.41, 5.74) is 2.20. The van der Waals surface area contributed by atoms with E-state index in [4.69, 9.17) is 18.9 Å². The Morgan fingerprint density at radius 2 is 0.702 bits per heavy atom. The largest absolute Gasteiger partial charge is 0.491 e. The lowest BCUT2D eigenvalue weighted by molar-refractivity contribution is -0.121. The summed E-state index contributed by atoms with van der Waals surface area (Å²) in [5, 5.41) is 0. The second kappa shape index (κ2) is 17.4. The molecule has 252 valence electrons. The van der Waals surface area contributed by atoms with E-state index in [1.165, 1.54) is 24.3 Å². The van der Waals surface area contributed by atoms with Gasteiger partial charge in [0.2, 0.25) is 0 Å². The molecule has 0 unspecified atom stereocenters. The van der Waals surface area contributed by atoms with Gasteiger partial charge in [-0.2, -0.15) is 0 Å². The Kier molecular flexibility index (Phi) is 13.0. The summed E-state index contributed by atoms with van der Waals surface area (Å²) in [4.78, 5) is 53.5. The maximum Gasteiger partial charge on any atom is 0.258 e. The van der Waals surface area contributed by atoms with Crippen molar-refractivity contribution in [2.75, 3.05) is 36.2 Å². The fourth-order valence-electron chi connectivity index (χ4n) is 5.14. The van der Waals surface area contributed by atoms with E-state index in [9.17, 15) is 19.2 Å². The normalized spacial score (nSPS) is 14.1. The van der Waals surface area contributed by atoms with Crippen molar-refractivity contribution in [3.05, 3.63) is 59.7 Å². The molecule has 0 atom stereocenters. The number of carbonyl (C=O) groups excluding carboxylic acids is 4. The molecule has 0 bridgehead atoms. The van der Waals surface area contributed by atoms with E-state index in [-0.39, 0.29) is 0 Å². The molecule has 2 aliphatic heterocycles. The van der Waals surface area contributed by atoms with Gasteiger partial charge in [-0.05, 0) is 67.5 Å². The van der Waals surface area contributed by atoms with Crippen LogP contribution in [0.2, 0.25) is 0 Å². The van der Waals surface area contributed by atoms with Crippen molar-refractivity contribution in [2.45, 2.75) is 85.5 Å². The van der Waals surface area contributed by atoms with Crippen molar-refractivity contribution in [3.63, 3.8) is 0 Å². The number of carbonyl (C=O) groups is 4. The Balaban J connectivity index is 1.82. The van der Waals surface area contributed by atoms with Crippen molar-refractivity contribution >= 4 is 35.0 Å². The molecule has 2 aromatic carbocycles. The van der Waals surface area contributed by atoms with Crippen LogP contribution in [0.4, 0.5) is 11.4 Å². The lowest BCUT2D eigenvalue weighted by atomic mass is 10.0. The summed E-state index contributed by atoms with van der Waals surface area (Å²) in [5.74, 6) is -0.315. The average molecular weight is 647 g/mol. The molecule has 0 spiro atoms. The molecular weight excluding hydrogens is 600 g/mol. The molecule has 0 saturated heterocycles. The molecule has 4 rings (SSSR count). The minimum Gasteiger partial charge on any atom is -0.491 e. The number of amides is 4. The molecule has 0 aliphatic carbocycles. The predicted molar refractivity (Wildman–Crippen MR) is 181 cm³/mol. The van der Waals surface area contributed by atoms with Crippen LogP contribution in [-0.2, 0) is 25.6 Å². The third-order valence-electron chi connectivity index (χ3n) is 7.70. The van der Waals surface area contributed by atoms with Crippen LogP contribution in [0.3, 0.4) is 0 Å². The first kappa shape index (κ1) is 35.3. The van der Waals surface area contributed by atoms with Crippen molar-refractivity contribution in [2.24, 2.45) is 0 Å². The first-order valence-corrected chi connectivity index (χ1v) is 16.8. The molecule has 2 aliphatic rings. The van der Waals surface area contributed by atoms with E-state index >= 15 is 0 Å². The van der Waals surface area contributed by atoms with Gasteiger partial charge in [-0.1, -0.05) is 53.4 Å². The van der Waals surface area contributed by atoms with Gasteiger partial charge in [-0.25, -0.2) is 9.80 Å². The Morgan fingerprint density at radius 1 is 0.447 bits per heavy atom. The van der Waals surface area contributed by atoms with Crippen LogP contribution < -0.4 is 28.7 Å². The van der Waals surface area contributed by atoms with Crippen LogP contribution in [-0.4, -0.2) is 50.1 Å². The number of benzene rings is 2. The summed E-state index contributed by atoms with van der Waals surface area (Å²) >= 11 is 0. The molecule has 10 heteroatoms. The maximum absolute atomic E-state index is 12.8. The van der Waals surface area contributed by atoms with Crippen molar-refractivity contribution in [1.29, 1.82) is 0 Å². The van der Waals surface area contributed by atoms with E-state index in [1.807, 2.05) is 24.3 Å². The highest BCUT2D eigenvalue weighted by Gasteiger charge is 2.33. The predicted octanol–water partition coefficient (Wildman–Crippen LogP) is 6.85. The number of unbranched alkanes of at least 4 members (excludes halogenated alkanes) is 4. The lowest BCUT2D eigenvalue weighted by Crippen LogP contribution is -2.31. The summed E-state index contributed by atoms with van der Waals surface area (Å²) in [6.07, 6.45) is 12.1. The van der Waals surface area contributed by atoms with E-state index < -0.39 is 23.6 Å². The first-order chi connectivity index (χ1) is 22.8. The minimum absolute atomic E-state index is 0.294. The Labute approximate surface area is 277 Å². The zero-order valence-corrected chi connectivity index (χ0v) is 28.0. The zero-order valence-electron chi connectivity index (χ0n) is 28.0. The monoisotopic (exact) mass is 646 g/mol. The van der Waals surface area contributed by atoms with E-state index in [0.29, 0.717) is 67.2 Å². The molecule has 0 radical (unpaired) electrons. The van der Waals surface area contributed by atoms with Crippen LogP contribution in [0, 0.1) is 0 Å². The van der Waals surface area contributed by atoms with Gasteiger partial charge in [0, 0.05) is 24.3 Å². The molecular formula is C37H46N2O8. The van der Waals surface area contributed by atoms with Gasteiger partial charge in [0.1, 0.15) is 34.4 Å². The zero-order chi connectivity index (χ0) is 33.8. The molecule has 0 N–H and O–H groups in total. The first-order valence-electron chi connectivity index (χ1n) is 16.8. The molecule has 0 fully saturated rings. The van der Waals surface area contributed by atoms with E-state index in [2.05, 4.69) is 27.7 Å². The molecule has 47 heavy (non-hydrogen) atoms. The molecule has 4 amide bonds. The molecule has 10 nitrogen and oxygen atoms in total. The van der Waals surface area contributed by atoms with Gasteiger partial charge in [0.25, 0.3) is 23.6 Å². The van der Waals surface area contributed by atoms with E-state index in [0.717, 1.165) is 72.3 Å². The second-order valence-corrected chi connectivity index (χ2v) is 11.6. The standard InChI is InChI=1S/C37H46N2O8/c1-5-9-17-44-28-22-26(23-29(45-18-10-6-2)36(28)38-32(40)13-14-33(38)41)21-27-24-30(46-19-11-7-3)37(31(25-27)47-20-12-8-4)39-34(42)15-16-35(39)43/h13-16,22-25H,5-12,17-21H2,1-4H3. The number of hydrogen-bond donors (Lipinski definition) is 0. The summed E-state index contributed by atoms with van der Waals surface area (Å²) in [6, 6.07) is 7.32. The fraction of sp³-hybridized carbons (Fsp3) is 0.459. The van der Waals surface area contributed by atoms with Gasteiger partial charge in [0.15, 0.2) is 0 Å². The van der Waals surface area contributed by atoms with Gasteiger partial charge >= 0.3 is 0 Å². The topological polar surface area (TPSA) is 112 Å². The number of nitrogens with zero attached hydrogens (tertiary/aromatic N) is 2. The second-order valence-electron chi connectivity index (χ2n) is 11.6. The Morgan fingerprint density at radius 3 is 0.936 bits per heavy atom. The van der Waals surface area contributed by atoms with Gasteiger partial charge in [-0.3, -0.25) is 19.2 Å². The van der Waals surface area contributed by atoms with Crippen LogP contribution in [0.25, 0.3) is 0 Å². The van der Waals surface area contributed by atoms with Crippen LogP contribution in [0.1, 0.15) is 90.2 Å².